The maximum absolute atomic E-state index is 5.44. The van der Waals surface area contributed by atoms with Crippen LogP contribution in [0, 0.1) is 0 Å². The summed E-state index contributed by atoms with van der Waals surface area (Å²) in [6.07, 6.45) is 7.53. The first-order valence-electron chi connectivity index (χ1n) is 7.78. The fourth-order valence-corrected chi connectivity index (χ4v) is 3.00. The van der Waals surface area contributed by atoms with E-state index in [0.717, 1.165) is 24.5 Å². The average Bonchev–Trinajstić information content (AvgIpc) is 2.50. The van der Waals surface area contributed by atoms with Crippen LogP contribution in [0.4, 0.5) is 0 Å². The Bertz CT molecular complexity index is 437. The lowest BCUT2D eigenvalue weighted by Crippen LogP contribution is -2.29. The number of nitrogens with one attached hydrogen (secondary N) is 1. The van der Waals surface area contributed by atoms with E-state index in [-0.39, 0.29) is 12.4 Å². The maximum atomic E-state index is 5.44. The van der Waals surface area contributed by atoms with E-state index < -0.39 is 0 Å². The molecule has 0 radical (unpaired) electrons. The van der Waals surface area contributed by atoms with Crippen molar-refractivity contribution in [2.75, 3.05) is 20.8 Å². The van der Waals surface area contributed by atoms with E-state index in [0.29, 0.717) is 6.04 Å². The number of ether oxygens (including phenoxy) is 2. The van der Waals surface area contributed by atoms with Crippen molar-refractivity contribution in [2.45, 2.75) is 51.5 Å². The highest BCUT2D eigenvalue weighted by Gasteiger charge is 2.22. The molecule has 1 aromatic carbocycles. The monoisotopic (exact) mass is 313 g/mol. The molecule has 1 N–H and O–H groups in total. The van der Waals surface area contributed by atoms with Gasteiger partial charge in [-0.2, -0.15) is 0 Å². The molecule has 4 heteroatoms. The van der Waals surface area contributed by atoms with Crippen molar-refractivity contribution in [1.29, 1.82) is 0 Å². The first kappa shape index (κ1) is 18.1. The van der Waals surface area contributed by atoms with Crippen LogP contribution in [-0.2, 0) is 6.42 Å². The summed E-state index contributed by atoms with van der Waals surface area (Å²) in [4.78, 5) is 0. The van der Waals surface area contributed by atoms with Gasteiger partial charge in [0.05, 0.1) is 14.2 Å². The van der Waals surface area contributed by atoms with Gasteiger partial charge in [0.25, 0.3) is 0 Å². The van der Waals surface area contributed by atoms with Gasteiger partial charge in [-0.05, 0) is 42.6 Å². The molecular formula is C17H28ClNO2. The Kier molecular flexibility index (Phi) is 7.91. The summed E-state index contributed by atoms with van der Waals surface area (Å²) in [5, 5.41) is 3.64. The van der Waals surface area contributed by atoms with E-state index in [1.54, 1.807) is 14.2 Å². The van der Waals surface area contributed by atoms with Crippen molar-refractivity contribution in [1.82, 2.24) is 5.32 Å². The van der Waals surface area contributed by atoms with Gasteiger partial charge in [0, 0.05) is 6.04 Å². The molecule has 0 bridgehead atoms. The Labute approximate surface area is 134 Å². The Morgan fingerprint density at radius 1 is 1.10 bits per heavy atom. The second-order valence-corrected chi connectivity index (χ2v) is 5.51. The van der Waals surface area contributed by atoms with Crippen molar-refractivity contribution in [3.63, 3.8) is 0 Å². The Morgan fingerprint density at radius 2 is 1.81 bits per heavy atom. The molecule has 1 unspecified atom stereocenters. The van der Waals surface area contributed by atoms with Gasteiger partial charge >= 0.3 is 0 Å². The molecular weight excluding hydrogens is 286 g/mol. The number of unbranched alkanes of at least 4 members (excludes halogenated alkanes) is 3. The molecule has 3 nitrogen and oxygen atoms in total. The van der Waals surface area contributed by atoms with Gasteiger partial charge in [0.2, 0.25) is 0 Å². The fraction of sp³-hybridized carbons (Fsp3) is 0.647. The van der Waals surface area contributed by atoms with Crippen LogP contribution < -0.4 is 14.8 Å². The molecule has 0 saturated carbocycles. The lowest BCUT2D eigenvalue weighted by atomic mass is 9.90. The molecule has 1 aliphatic rings. The highest BCUT2D eigenvalue weighted by molar-refractivity contribution is 5.85. The van der Waals surface area contributed by atoms with Crippen molar-refractivity contribution in [2.24, 2.45) is 0 Å². The molecule has 0 fully saturated rings. The number of hydrogen-bond donors (Lipinski definition) is 1. The van der Waals surface area contributed by atoms with Crippen molar-refractivity contribution < 1.29 is 9.47 Å². The summed E-state index contributed by atoms with van der Waals surface area (Å²) in [5.74, 6) is 1.69. The lowest BCUT2D eigenvalue weighted by Gasteiger charge is -2.28. The largest absolute Gasteiger partial charge is 0.493 e. The highest BCUT2D eigenvalue weighted by atomic mass is 35.5. The number of hydrogen-bond acceptors (Lipinski definition) is 3. The second-order valence-electron chi connectivity index (χ2n) is 5.51. The summed E-state index contributed by atoms with van der Waals surface area (Å²) >= 11 is 0. The third kappa shape index (κ3) is 4.52. The van der Waals surface area contributed by atoms with Gasteiger partial charge in [0.1, 0.15) is 0 Å². The molecule has 120 valence electrons. The molecule has 1 atom stereocenters. The standard InChI is InChI=1S/C17H27NO2.ClH/c1-4-5-6-7-8-15-14-12-17(20-3)16(19-2)11-13(14)9-10-18-15;/h11-12,15,18H,4-10H2,1-3H3;1H. The Morgan fingerprint density at radius 3 is 2.48 bits per heavy atom. The number of methoxy groups -OCH3 is 2. The smallest absolute Gasteiger partial charge is 0.161 e. The summed E-state index contributed by atoms with van der Waals surface area (Å²) in [6, 6.07) is 4.77. The maximum Gasteiger partial charge on any atom is 0.161 e. The van der Waals surface area contributed by atoms with Gasteiger partial charge in [-0.15, -0.1) is 12.4 Å². The topological polar surface area (TPSA) is 30.5 Å². The Hall–Kier alpha value is -0.930. The molecule has 0 aromatic heterocycles. The zero-order valence-electron chi connectivity index (χ0n) is 13.4. The van der Waals surface area contributed by atoms with Gasteiger partial charge in [-0.3, -0.25) is 0 Å². The zero-order valence-corrected chi connectivity index (χ0v) is 14.2. The highest BCUT2D eigenvalue weighted by Crippen LogP contribution is 2.36. The lowest BCUT2D eigenvalue weighted by molar-refractivity contribution is 0.351. The van der Waals surface area contributed by atoms with Gasteiger partial charge in [-0.25, -0.2) is 0 Å². The van der Waals surface area contributed by atoms with Gasteiger partial charge in [-0.1, -0.05) is 32.6 Å². The Balaban J connectivity index is 0.00000220. The quantitative estimate of drug-likeness (QED) is 0.762. The molecule has 0 amide bonds. The van der Waals surface area contributed by atoms with Gasteiger partial charge < -0.3 is 14.8 Å². The van der Waals surface area contributed by atoms with E-state index >= 15 is 0 Å². The third-order valence-corrected chi connectivity index (χ3v) is 4.15. The first-order chi connectivity index (χ1) is 9.80. The number of halogens is 1. The molecule has 1 heterocycles. The second kappa shape index (κ2) is 9.16. The van der Waals surface area contributed by atoms with E-state index in [2.05, 4.69) is 24.4 Å². The van der Waals surface area contributed by atoms with Crippen molar-refractivity contribution in [3.8, 4) is 11.5 Å². The van der Waals surface area contributed by atoms with Crippen LogP contribution in [0.25, 0.3) is 0 Å². The summed E-state index contributed by atoms with van der Waals surface area (Å²) in [5.41, 5.74) is 2.80. The SMILES string of the molecule is CCCCCCC1NCCc2cc(OC)c(OC)cc21.Cl. The molecule has 2 rings (SSSR count). The van der Waals surface area contributed by atoms with E-state index in [1.807, 2.05) is 0 Å². The van der Waals surface area contributed by atoms with E-state index in [9.17, 15) is 0 Å². The van der Waals surface area contributed by atoms with Crippen LogP contribution >= 0.6 is 12.4 Å². The first-order valence-corrected chi connectivity index (χ1v) is 7.78. The summed E-state index contributed by atoms with van der Waals surface area (Å²) in [6.45, 7) is 3.31. The van der Waals surface area contributed by atoms with Crippen LogP contribution in [-0.4, -0.2) is 20.8 Å². The van der Waals surface area contributed by atoms with Crippen LogP contribution in [0.15, 0.2) is 12.1 Å². The summed E-state index contributed by atoms with van der Waals surface area (Å²) < 4.78 is 10.8. The van der Waals surface area contributed by atoms with E-state index in [4.69, 9.17) is 9.47 Å². The van der Waals surface area contributed by atoms with Crippen molar-refractivity contribution >= 4 is 12.4 Å². The minimum absolute atomic E-state index is 0. The normalized spacial score (nSPS) is 16.8. The summed E-state index contributed by atoms with van der Waals surface area (Å²) in [7, 11) is 3.41. The molecule has 1 aliphatic heterocycles. The zero-order chi connectivity index (χ0) is 14.4. The third-order valence-electron chi connectivity index (χ3n) is 4.15. The molecule has 0 aliphatic carbocycles. The van der Waals surface area contributed by atoms with Crippen molar-refractivity contribution in [3.05, 3.63) is 23.3 Å². The van der Waals surface area contributed by atoms with E-state index in [1.165, 1.54) is 43.2 Å². The van der Waals surface area contributed by atoms with Crippen LogP contribution in [0.2, 0.25) is 0 Å². The average molecular weight is 314 g/mol. The minimum atomic E-state index is 0. The molecule has 0 saturated heterocycles. The number of fused-ring (bicyclic) bond motifs is 1. The molecule has 1 aromatic rings. The predicted molar refractivity (Wildman–Crippen MR) is 90.0 cm³/mol. The van der Waals surface area contributed by atoms with Crippen LogP contribution in [0.3, 0.4) is 0 Å². The van der Waals surface area contributed by atoms with Crippen LogP contribution in [0.1, 0.15) is 56.2 Å². The van der Waals surface area contributed by atoms with Crippen LogP contribution in [0.5, 0.6) is 11.5 Å². The number of rotatable bonds is 7. The fourth-order valence-electron chi connectivity index (χ4n) is 3.00. The minimum Gasteiger partial charge on any atom is -0.493 e. The molecule has 0 spiro atoms. The predicted octanol–water partition coefficient (Wildman–Crippen LogP) is 4.28. The number of benzene rings is 1. The molecule has 21 heavy (non-hydrogen) atoms. The van der Waals surface area contributed by atoms with Gasteiger partial charge in [0.15, 0.2) is 11.5 Å².